The van der Waals surface area contributed by atoms with Crippen molar-refractivity contribution in [1.82, 2.24) is 5.32 Å². The van der Waals surface area contributed by atoms with Crippen molar-refractivity contribution in [2.45, 2.75) is 64.3 Å². The smallest absolute Gasteiger partial charge is 0.0124 e. The van der Waals surface area contributed by atoms with Crippen LogP contribution in [0.2, 0.25) is 0 Å². The van der Waals surface area contributed by atoms with Gasteiger partial charge in [-0.2, -0.15) is 0 Å². The van der Waals surface area contributed by atoms with Crippen LogP contribution in [0, 0.1) is 22.7 Å². The third kappa shape index (κ3) is 1.95. The first-order valence-electron chi connectivity index (χ1n) is 7.87. The number of allylic oxidation sites excluding steroid dienone is 1. The predicted molar refractivity (Wildman–Crippen MR) is 77.5 cm³/mol. The molecule has 4 aliphatic carbocycles. The Bertz CT molecular complexity index is 319. The van der Waals surface area contributed by atoms with E-state index in [1.54, 1.807) is 0 Å². The van der Waals surface area contributed by atoms with Crippen molar-refractivity contribution < 1.29 is 0 Å². The van der Waals surface area contributed by atoms with E-state index in [9.17, 15) is 0 Å². The molecule has 3 atom stereocenters. The lowest BCUT2D eigenvalue weighted by atomic mass is 9.43. The molecule has 0 heterocycles. The molecule has 1 heteroatoms. The topological polar surface area (TPSA) is 12.0 Å². The van der Waals surface area contributed by atoms with Gasteiger partial charge < -0.3 is 5.32 Å². The van der Waals surface area contributed by atoms with Gasteiger partial charge in [0.1, 0.15) is 0 Å². The fraction of sp³-hybridized carbons (Fsp3) is 0.882. The van der Waals surface area contributed by atoms with E-state index < -0.39 is 0 Å². The number of rotatable bonds is 5. The summed E-state index contributed by atoms with van der Waals surface area (Å²) in [5.74, 6) is 2.08. The Morgan fingerprint density at radius 1 is 1.28 bits per heavy atom. The maximum absolute atomic E-state index is 3.90. The zero-order valence-corrected chi connectivity index (χ0v) is 12.2. The highest BCUT2D eigenvalue weighted by Gasteiger charge is 2.57. The number of nitrogens with one attached hydrogen (secondary N) is 1. The summed E-state index contributed by atoms with van der Waals surface area (Å²) in [6.07, 6.45) is 13.6. The molecule has 0 spiro atoms. The van der Waals surface area contributed by atoms with E-state index in [0.717, 1.165) is 17.9 Å². The molecule has 0 radical (unpaired) electrons. The molecule has 102 valence electrons. The predicted octanol–water partition coefficient (Wildman–Crippen LogP) is 4.15. The minimum absolute atomic E-state index is 0.622. The van der Waals surface area contributed by atoms with Crippen LogP contribution >= 0.6 is 0 Å². The van der Waals surface area contributed by atoms with Crippen molar-refractivity contribution >= 4 is 0 Å². The Morgan fingerprint density at radius 2 is 1.94 bits per heavy atom. The van der Waals surface area contributed by atoms with Gasteiger partial charge in [0.2, 0.25) is 0 Å². The van der Waals surface area contributed by atoms with E-state index >= 15 is 0 Å². The largest absolute Gasteiger partial charge is 0.316 e. The summed E-state index contributed by atoms with van der Waals surface area (Å²) < 4.78 is 0. The van der Waals surface area contributed by atoms with Gasteiger partial charge in [0.15, 0.2) is 0 Å². The molecule has 1 N–H and O–H groups in total. The molecule has 1 nitrogen and oxygen atoms in total. The van der Waals surface area contributed by atoms with Crippen LogP contribution in [-0.2, 0) is 0 Å². The molecule has 3 unspecified atom stereocenters. The van der Waals surface area contributed by atoms with Gasteiger partial charge in [-0.05, 0) is 81.1 Å². The lowest BCUT2D eigenvalue weighted by molar-refractivity contribution is -0.118. The first-order chi connectivity index (χ1) is 8.59. The minimum Gasteiger partial charge on any atom is -0.316 e. The highest BCUT2D eigenvalue weighted by atomic mass is 14.9. The number of hydrogen-bond acceptors (Lipinski definition) is 1. The Morgan fingerprint density at radius 3 is 2.44 bits per heavy atom. The summed E-state index contributed by atoms with van der Waals surface area (Å²) in [5.41, 5.74) is 1.30. The van der Waals surface area contributed by atoms with Crippen LogP contribution in [-0.4, -0.2) is 13.1 Å². The van der Waals surface area contributed by atoms with E-state index in [1.165, 1.54) is 51.4 Å². The standard InChI is InChI=1S/C17H29N/c1-4-5-6-15(18-3)17-10-13-7-14(11-17)9-16(2,8-13)12-17/h4,13-15,18H,1,5-12H2,2-3H3. The summed E-state index contributed by atoms with van der Waals surface area (Å²) >= 11 is 0. The molecule has 0 amide bonds. The van der Waals surface area contributed by atoms with E-state index in [0.29, 0.717) is 10.8 Å². The molecule has 0 aromatic rings. The van der Waals surface area contributed by atoms with Crippen molar-refractivity contribution in [3.63, 3.8) is 0 Å². The molecular weight excluding hydrogens is 218 g/mol. The van der Waals surface area contributed by atoms with Crippen LogP contribution in [0.1, 0.15) is 58.3 Å². The SMILES string of the molecule is C=CCCC(NC)C12CC3CC(CC(C)(C3)C1)C2. The zero-order chi connectivity index (χ0) is 12.8. The van der Waals surface area contributed by atoms with E-state index in [4.69, 9.17) is 0 Å². The van der Waals surface area contributed by atoms with Crippen LogP contribution in [0.15, 0.2) is 12.7 Å². The maximum Gasteiger partial charge on any atom is 0.0124 e. The summed E-state index contributed by atoms with van der Waals surface area (Å²) in [5, 5.41) is 3.66. The highest BCUT2D eigenvalue weighted by molar-refractivity contribution is 5.09. The van der Waals surface area contributed by atoms with Crippen molar-refractivity contribution in [2.24, 2.45) is 22.7 Å². The van der Waals surface area contributed by atoms with Crippen molar-refractivity contribution in [2.75, 3.05) is 7.05 Å². The quantitative estimate of drug-likeness (QED) is 0.720. The molecule has 4 rings (SSSR count). The first kappa shape index (κ1) is 12.7. The third-order valence-corrected chi connectivity index (χ3v) is 6.15. The van der Waals surface area contributed by atoms with Crippen LogP contribution in [0.4, 0.5) is 0 Å². The molecule has 0 aliphatic heterocycles. The Kier molecular flexibility index (Phi) is 3.09. The second-order valence-corrected chi connectivity index (χ2v) is 7.84. The summed E-state index contributed by atoms with van der Waals surface area (Å²) in [6.45, 7) is 6.47. The maximum atomic E-state index is 3.90. The average molecular weight is 247 g/mol. The lowest BCUT2D eigenvalue weighted by Gasteiger charge is -2.63. The molecule has 18 heavy (non-hydrogen) atoms. The van der Waals surface area contributed by atoms with Crippen molar-refractivity contribution in [3.05, 3.63) is 12.7 Å². The normalized spacial score (nSPS) is 47.2. The molecule has 4 saturated carbocycles. The minimum atomic E-state index is 0.622. The van der Waals surface area contributed by atoms with Crippen LogP contribution in [0.25, 0.3) is 0 Å². The van der Waals surface area contributed by atoms with Gasteiger partial charge in [-0.1, -0.05) is 13.0 Å². The van der Waals surface area contributed by atoms with Crippen LogP contribution in [0.5, 0.6) is 0 Å². The van der Waals surface area contributed by atoms with Gasteiger partial charge in [-0.25, -0.2) is 0 Å². The Hall–Kier alpha value is -0.300. The molecule has 0 saturated heterocycles. The second-order valence-electron chi connectivity index (χ2n) is 7.84. The fourth-order valence-corrected chi connectivity index (χ4v) is 6.25. The molecular formula is C17H29N. The van der Waals surface area contributed by atoms with Gasteiger partial charge in [-0.15, -0.1) is 6.58 Å². The molecule has 0 aromatic carbocycles. The van der Waals surface area contributed by atoms with Crippen molar-refractivity contribution in [1.29, 1.82) is 0 Å². The van der Waals surface area contributed by atoms with Gasteiger partial charge in [0.05, 0.1) is 0 Å². The van der Waals surface area contributed by atoms with Gasteiger partial charge in [-0.3, -0.25) is 0 Å². The lowest BCUT2D eigenvalue weighted by Crippen LogP contribution is -2.58. The van der Waals surface area contributed by atoms with Crippen LogP contribution in [0.3, 0.4) is 0 Å². The number of hydrogen-bond donors (Lipinski definition) is 1. The highest BCUT2D eigenvalue weighted by Crippen LogP contribution is 2.66. The third-order valence-electron chi connectivity index (χ3n) is 6.15. The monoisotopic (exact) mass is 247 g/mol. The van der Waals surface area contributed by atoms with E-state index in [1.807, 2.05) is 0 Å². The molecule has 0 aromatic heterocycles. The molecule has 4 fully saturated rings. The summed E-state index contributed by atoms with van der Waals surface area (Å²) in [6, 6.07) is 0.723. The van der Waals surface area contributed by atoms with Gasteiger partial charge in [0.25, 0.3) is 0 Å². The fourth-order valence-electron chi connectivity index (χ4n) is 6.25. The van der Waals surface area contributed by atoms with E-state index in [-0.39, 0.29) is 0 Å². The Balaban J connectivity index is 1.83. The molecule has 4 aliphatic rings. The summed E-state index contributed by atoms with van der Waals surface area (Å²) in [7, 11) is 2.18. The average Bonchev–Trinajstić information content (AvgIpc) is 2.26. The second kappa shape index (κ2) is 4.37. The van der Waals surface area contributed by atoms with E-state index in [2.05, 4.69) is 31.9 Å². The van der Waals surface area contributed by atoms with Crippen molar-refractivity contribution in [3.8, 4) is 0 Å². The first-order valence-corrected chi connectivity index (χ1v) is 7.87. The van der Waals surface area contributed by atoms with Crippen LogP contribution < -0.4 is 5.32 Å². The Labute approximate surface area is 112 Å². The summed E-state index contributed by atoms with van der Waals surface area (Å²) in [4.78, 5) is 0. The van der Waals surface area contributed by atoms with Gasteiger partial charge >= 0.3 is 0 Å². The molecule has 4 bridgehead atoms. The van der Waals surface area contributed by atoms with Gasteiger partial charge in [0, 0.05) is 6.04 Å². The zero-order valence-electron chi connectivity index (χ0n) is 12.2.